The van der Waals surface area contributed by atoms with Crippen molar-refractivity contribution in [3.8, 4) is 11.6 Å². The summed E-state index contributed by atoms with van der Waals surface area (Å²) < 4.78 is 6.16. The van der Waals surface area contributed by atoms with Crippen molar-refractivity contribution in [2.45, 2.75) is 17.2 Å². The van der Waals surface area contributed by atoms with Gasteiger partial charge in [0.2, 0.25) is 28.6 Å². The summed E-state index contributed by atoms with van der Waals surface area (Å²) in [7, 11) is 0. The summed E-state index contributed by atoms with van der Waals surface area (Å²) in [6, 6.07) is 1.73. The first-order chi connectivity index (χ1) is 13.2. The van der Waals surface area contributed by atoms with Gasteiger partial charge >= 0.3 is 0 Å². The van der Waals surface area contributed by atoms with Gasteiger partial charge in [0.25, 0.3) is 0 Å². The number of carbonyl (C=O) groups is 1. The van der Waals surface area contributed by atoms with Crippen molar-refractivity contribution < 1.29 is 9.32 Å². The molecule has 3 aromatic rings. The van der Waals surface area contributed by atoms with E-state index in [0.29, 0.717) is 35.8 Å². The van der Waals surface area contributed by atoms with Crippen LogP contribution in [-0.2, 0) is 4.79 Å². The lowest BCUT2D eigenvalue weighted by Crippen LogP contribution is -2.48. The van der Waals surface area contributed by atoms with Crippen molar-refractivity contribution >= 4 is 34.1 Å². The van der Waals surface area contributed by atoms with Crippen molar-refractivity contribution in [1.82, 2.24) is 35.2 Å². The SMILES string of the molecule is CCSc1nnc(NC(=O)CN2CC(c3nc(-c4ncccn4)no3)C2)s1. The van der Waals surface area contributed by atoms with Gasteiger partial charge in [-0.15, -0.1) is 10.2 Å². The Bertz CT molecular complexity index is 909. The number of likely N-dealkylation sites (tertiary alicyclic amines) is 1. The highest BCUT2D eigenvalue weighted by molar-refractivity contribution is 8.01. The molecular weight excluding hydrogens is 388 g/mol. The smallest absolute Gasteiger partial charge is 0.240 e. The summed E-state index contributed by atoms with van der Waals surface area (Å²) in [4.78, 5) is 26.7. The Kier molecular flexibility index (Phi) is 5.36. The Morgan fingerprint density at radius 3 is 2.93 bits per heavy atom. The van der Waals surface area contributed by atoms with E-state index in [1.54, 1.807) is 30.2 Å². The second-order valence-electron chi connectivity index (χ2n) is 5.77. The normalized spacial score (nSPS) is 14.9. The van der Waals surface area contributed by atoms with E-state index in [4.69, 9.17) is 4.52 Å². The van der Waals surface area contributed by atoms with Crippen molar-refractivity contribution in [1.29, 1.82) is 0 Å². The molecule has 0 bridgehead atoms. The largest absolute Gasteiger partial charge is 0.338 e. The molecule has 1 fully saturated rings. The van der Waals surface area contributed by atoms with Crippen LogP contribution in [0.1, 0.15) is 18.7 Å². The number of carbonyl (C=O) groups excluding carboxylic acids is 1. The fraction of sp³-hybridized carbons (Fsp3) is 0.400. The van der Waals surface area contributed by atoms with Crippen LogP contribution in [0.5, 0.6) is 0 Å². The minimum atomic E-state index is -0.110. The van der Waals surface area contributed by atoms with Gasteiger partial charge in [0, 0.05) is 25.5 Å². The van der Waals surface area contributed by atoms with Gasteiger partial charge in [0.15, 0.2) is 4.34 Å². The molecule has 4 heterocycles. The van der Waals surface area contributed by atoms with Crippen LogP contribution >= 0.6 is 23.1 Å². The monoisotopic (exact) mass is 404 g/mol. The first-order valence-electron chi connectivity index (χ1n) is 8.30. The molecule has 0 radical (unpaired) electrons. The van der Waals surface area contributed by atoms with Crippen molar-refractivity contribution in [3.63, 3.8) is 0 Å². The van der Waals surface area contributed by atoms with E-state index in [2.05, 4.69) is 35.6 Å². The number of nitrogens with zero attached hydrogens (tertiary/aromatic N) is 7. The number of rotatable bonds is 7. The van der Waals surface area contributed by atoms with Gasteiger partial charge in [0.1, 0.15) is 0 Å². The molecule has 12 heteroatoms. The van der Waals surface area contributed by atoms with Gasteiger partial charge in [-0.25, -0.2) is 9.97 Å². The van der Waals surface area contributed by atoms with Crippen LogP contribution in [0.4, 0.5) is 5.13 Å². The van der Waals surface area contributed by atoms with E-state index in [1.165, 1.54) is 11.3 Å². The molecule has 0 aliphatic carbocycles. The van der Waals surface area contributed by atoms with Gasteiger partial charge in [0.05, 0.1) is 12.5 Å². The summed E-state index contributed by atoms with van der Waals surface area (Å²) in [6.07, 6.45) is 3.26. The van der Waals surface area contributed by atoms with Crippen LogP contribution in [0.2, 0.25) is 0 Å². The average Bonchev–Trinajstić information content (AvgIpc) is 3.29. The van der Waals surface area contributed by atoms with Gasteiger partial charge in [-0.1, -0.05) is 35.2 Å². The fourth-order valence-corrected chi connectivity index (χ4v) is 4.23. The lowest BCUT2D eigenvalue weighted by atomic mass is 10.0. The van der Waals surface area contributed by atoms with E-state index in [9.17, 15) is 4.79 Å². The first-order valence-corrected chi connectivity index (χ1v) is 10.1. The Balaban J connectivity index is 1.26. The van der Waals surface area contributed by atoms with E-state index >= 15 is 0 Å². The molecule has 10 nitrogen and oxygen atoms in total. The maximum atomic E-state index is 12.1. The molecule has 0 atom stereocenters. The van der Waals surface area contributed by atoms with Crippen molar-refractivity contribution in [2.24, 2.45) is 0 Å². The topological polar surface area (TPSA) is 123 Å². The predicted octanol–water partition coefficient (Wildman–Crippen LogP) is 1.53. The molecule has 0 saturated carbocycles. The highest BCUT2D eigenvalue weighted by atomic mass is 32.2. The average molecular weight is 404 g/mol. The highest BCUT2D eigenvalue weighted by Gasteiger charge is 2.34. The van der Waals surface area contributed by atoms with E-state index < -0.39 is 0 Å². The summed E-state index contributed by atoms with van der Waals surface area (Å²) in [5, 5.41) is 15.2. The van der Waals surface area contributed by atoms with Crippen molar-refractivity contribution in [2.75, 3.05) is 30.7 Å². The lowest BCUT2D eigenvalue weighted by molar-refractivity contribution is -0.118. The third-order valence-electron chi connectivity index (χ3n) is 3.80. The zero-order chi connectivity index (χ0) is 18.6. The van der Waals surface area contributed by atoms with E-state index in [-0.39, 0.29) is 18.4 Å². The maximum absolute atomic E-state index is 12.1. The summed E-state index contributed by atoms with van der Waals surface area (Å²) in [6.45, 7) is 3.69. The quantitative estimate of drug-likeness (QED) is 0.458. The van der Waals surface area contributed by atoms with Crippen LogP contribution < -0.4 is 5.32 Å². The molecule has 1 amide bonds. The Morgan fingerprint density at radius 1 is 1.33 bits per heavy atom. The molecule has 3 aromatic heterocycles. The Morgan fingerprint density at radius 2 is 2.15 bits per heavy atom. The molecule has 0 unspecified atom stereocenters. The predicted molar refractivity (Wildman–Crippen MR) is 99.4 cm³/mol. The Hall–Kier alpha value is -2.44. The number of amides is 1. The molecule has 1 saturated heterocycles. The molecule has 27 heavy (non-hydrogen) atoms. The molecule has 140 valence electrons. The van der Waals surface area contributed by atoms with Crippen molar-refractivity contribution in [3.05, 3.63) is 24.4 Å². The number of hydrogen-bond donors (Lipinski definition) is 1. The second-order valence-corrected chi connectivity index (χ2v) is 8.26. The summed E-state index contributed by atoms with van der Waals surface area (Å²) in [5.41, 5.74) is 0. The first kappa shape index (κ1) is 17.9. The number of aromatic nitrogens is 6. The third kappa shape index (κ3) is 4.28. The standard InChI is InChI=1S/C15H16N8O2S2/c1-2-26-15-21-20-14(27-15)18-10(24)8-23-6-9(7-23)13-19-12(22-25-13)11-16-4-3-5-17-11/h3-5,9H,2,6-8H2,1H3,(H,18,20,24). The number of thioether (sulfide) groups is 1. The number of anilines is 1. The van der Waals surface area contributed by atoms with Gasteiger partial charge < -0.3 is 4.52 Å². The zero-order valence-electron chi connectivity index (χ0n) is 14.4. The van der Waals surface area contributed by atoms with Crippen LogP contribution in [-0.4, -0.2) is 66.5 Å². The molecule has 1 aliphatic heterocycles. The molecular formula is C15H16N8O2S2. The molecule has 0 spiro atoms. The van der Waals surface area contributed by atoms with Gasteiger partial charge in [-0.2, -0.15) is 4.98 Å². The minimum absolute atomic E-state index is 0.108. The third-order valence-corrected chi connectivity index (χ3v) is 5.66. The number of nitrogens with one attached hydrogen (secondary N) is 1. The summed E-state index contributed by atoms with van der Waals surface area (Å²) >= 11 is 2.98. The second kappa shape index (κ2) is 8.06. The Labute approximate surface area is 162 Å². The van der Waals surface area contributed by atoms with E-state index in [1.807, 2.05) is 11.8 Å². The van der Waals surface area contributed by atoms with Crippen LogP contribution in [0.25, 0.3) is 11.6 Å². The van der Waals surface area contributed by atoms with Gasteiger partial charge in [-0.3, -0.25) is 15.0 Å². The molecule has 1 N–H and O–H groups in total. The van der Waals surface area contributed by atoms with E-state index in [0.717, 1.165) is 10.1 Å². The zero-order valence-corrected chi connectivity index (χ0v) is 16.0. The highest BCUT2D eigenvalue weighted by Crippen LogP contribution is 2.27. The van der Waals surface area contributed by atoms with Crippen LogP contribution in [0, 0.1) is 0 Å². The minimum Gasteiger partial charge on any atom is -0.338 e. The lowest BCUT2D eigenvalue weighted by Gasteiger charge is -2.36. The van der Waals surface area contributed by atoms with Gasteiger partial charge in [-0.05, 0) is 11.8 Å². The number of hydrogen-bond acceptors (Lipinski definition) is 11. The molecule has 4 rings (SSSR count). The maximum Gasteiger partial charge on any atom is 0.240 e. The molecule has 0 aromatic carbocycles. The van der Waals surface area contributed by atoms with Crippen LogP contribution in [0.15, 0.2) is 27.3 Å². The fourth-order valence-electron chi connectivity index (χ4n) is 2.57. The van der Waals surface area contributed by atoms with Crippen LogP contribution in [0.3, 0.4) is 0 Å². The summed E-state index contributed by atoms with van der Waals surface area (Å²) in [5.74, 6) is 2.27. The molecule has 1 aliphatic rings.